The SMILES string of the molecule is COc1ccc(OC[C@@H](C)NC(=O)[C@H](C)Oc2ccccc2OC)cc1. The molecule has 0 saturated carbocycles. The summed E-state index contributed by atoms with van der Waals surface area (Å²) in [6.07, 6.45) is -0.658. The van der Waals surface area contributed by atoms with E-state index < -0.39 is 6.10 Å². The third-order valence-electron chi connectivity index (χ3n) is 3.69. The number of methoxy groups -OCH3 is 2. The molecular formula is C20H25NO5. The van der Waals surface area contributed by atoms with Crippen LogP contribution in [0.1, 0.15) is 13.8 Å². The fourth-order valence-electron chi connectivity index (χ4n) is 2.26. The lowest BCUT2D eigenvalue weighted by atomic mass is 10.3. The van der Waals surface area contributed by atoms with Crippen LogP contribution in [0.2, 0.25) is 0 Å². The first kappa shape index (κ1) is 19.4. The molecule has 0 aliphatic rings. The molecular weight excluding hydrogens is 334 g/mol. The lowest BCUT2D eigenvalue weighted by Gasteiger charge is -2.20. The number of benzene rings is 2. The van der Waals surface area contributed by atoms with Gasteiger partial charge in [0.05, 0.1) is 20.3 Å². The fraction of sp³-hybridized carbons (Fsp3) is 0.350. The van der Waals surface area contributed by atoms with Gasteiger partial charge < -0.3 is 24.3 Å². The van der Waals surface area contributed by atoms with Gasteiger partial charge in [-0.1, -0.05) is 12.1 Å². The van der Waals surface area contributed by atoms with Crippen LogP contribution in [0.5, 0.6) is 23.0 Å². The molecule has 6 heteroatoms. The fourth-order valence-corrected chi connectivity index (χ4v) is 2.26. The molecule has 0 heterocycles. The van der Waals surface area contributed by atoms with Gasteiger partial charge in [-0.15, -0.1) is 0 Å². The Labute approximate surface area is 154 Å². The lowest BCUT2D eigenvalue weighted by molar-refractivity contribution is -0.128. The Morgan fingerprint density at radius 2 is 1.54 bits per heavy atom. The number of para-hydroxylation sites is 2. The Hall–Kier alpha value is -2.89. The largest absolute Gasteiger partial charge is 0.497 e. The second-order valence-corrected chi connectivity index (χ2v) is 5.81. The summed E-state index contributed by atoms with van der Waals surface area (Å²) in [5, 5.41) is 2.88. The van der Waals surface area contributed by atoms with Gasteiger partial charge in [0.25, 0.3) is 5.91 Å². The first-order valence-electron chi connectivity index (χ1n) is 8.40. The molecule has 1 amide bonds. The first-order valence-corrected chi connectivity index (χ1v) is 8.40. The van der Waals surface area contributed by atoms with E-state index in [9.17, 15) is 4.79 Å². The Balaban J connectivity index is 1.81. The van der Waals surface area contributed by atoms with Crippen molar-refractivity contribution in [2.45, 2.75) is 26.0 Å². The summed E-state index contributed by atoms with van der Waals surface area (Å²) in [5.74, 6) is 2.37. The van der Waals surface area contributed by atoms with Crippen molar-refractivity contribution in [2.75, 3.05) is 20.8 Å². The summed E-state index contributed by atoms with van der Waals surface area (Å²) in [6.45, 7) is 3.91. The highest BCUT2D eigenvalue weighted by atomic mass is 16.5. The molecule has 2 aromatic rings. The monoisotopic (exact) mass is 359 g/mol. The molecule has 2 rings (SSSR count). The van der Waals surface area contributed by atoms with Gasteiger partial charge in [0, 0.05) is 0 Å². The number of nitrogens with one attached hydrogen (secondary N) is 1. The maximum atomic E-state index is 12.3. The second-order valence-electron chi connectivity index (χ2n) is 5.81. The zero-order valence-corrected chi connectivity index (χ0v) is 15.5. The van der Waals surface area contributed by atoms with Crippen molar-refractivity contribution in [1.82, 2.24) is 5.32 Å². The Morgan fingerprint density at radius 3 is 2.15 bits per heavy atom. The van der Waals surface area contributed by atoms with E-state index in [0.717, 1.165) is 5.75 Å². The van der Waals surface area contributed by atoms with Crippen LogP contribution in [0.15, 0.2) is 48.5 Å². The van der Waals surface area contributed by atoms with Gasteiger partial charge in [0.15, 0.2) is 17.6 Å². The molecule has 26 heavy (non-hydrogen) atoms. The van der Waals surface area contributed by atoms with Gasteiger partial charge in [-0.2, -0.15) is 0 Å². The van der Waals surface area contributed by atoms with Crippen molar-refractivity contribution >= 4 is 5.91 Å². The van der Waals surface area contributed by atoms with Crippen LogP contribution in [-0.4, -0.2) is 38.9 Å². The molecule has 0 unspecified atom stereocenters. The van der Waals surface area contributed by atoms with Crippen LogP contribution in [0.25, 0.3) is 0 Å². The number of carbonyl (C=O) groups excluding carboxylic acids is 1. The van der Waals surface area contributed by atoms with Gasteiger partial charge >= 0.3 is 0 Å². The number of hydrogen-bond donors (Lipinski definition) is 1. The molecule has 0 saturated heterocycles. The van der Waals surface area contributed by atoms with Crippen molar-refractivity contribution < 1.29 is 23.7 Å². The predicted molar refractivity (Wildman–Crippen MR) is 99.2 cm³/mol. The van der Waals surface area contributed by atoms with Crippen LogP contribution in [0, 0.1) is 0 Å². The highest BCUT2D eigenvalue weighted by Crippen LogP contribution is 2.26. The molecule has 6 nitrogen and oxygen atoms in total. The van der Waals surface area contributed by atoms with Gasteiger partial charge in [-0.25, -0.2) is 0 Å². The second kappa shape index (κ2) is 9.56. The molecule has 2 aromatic carbocycles. The van der Waals surface area contributed by atoms with E-state index in [1.54, 1.807) is 33.3 Å². The molecule has 0 radical (unpaired) electrons. The quantitative estimate of drug-likeness (QED) is 0.745. The molecule has 0 aromatic heterocycles. The number of carbonyl (C=O) groups is 1. The van der Waals surface area contributed by atoms with Crippen molar-refractivity contribution in [3.63, 3.8) is 0 Å². The van der Waals surface area contributed by atoms with E-state index >= 15 is 0 Å². The summed E-state index contributed by atoms with van der Waals surface area (Å²) in [7, 11) is 3.17. The van der Waals surface area contributed by atoms with Gasteiger partial charge in [0.2, 0.25) is 0 Å². The summed E-state index contributed by atoms with van der Waals surface area (Å²) in [4.78, 5) is 12.3. The molecule has 140 valence electrons. The minimum Gasteiger partial charge on any atom is -0.497 e. The van der Waals surface area contributed by atoms with Crippen LogP contribution in [0.4, 0.5) is 0 Å². The van der Waals surface area contributed by atoms with E-state index in [1.807, 2.05) is 43.3 Å². The molecule has 0 aliphatic carbocycles. The van der Waals surface area contributed by atoms with Crippen molar-refractivity contribution in [1.29, 1.82) is 0 Å². The molecule has 0 spiro atoms. The average molecular weight is 359 g/mol. The zero-order chi connectivity index (χ0) is 18.9. The normalized spacial score (nSPS) is 12.6. The van der Waals surface area contributed by atoms with Crippen LogP contribution in [-0.2, 0) is 4.79 Å². The molecule has 0 fully saturated rings. The third-order valence-corrected chi connectivity index (χ3v) is 3.69. The van der Waals surface area contributed by atoms with Crippen molar-refractivity contribution in [2.24, 2.45) is 0 Å². The third kappa shape index (κ3) is 5.58. The Kier molecular flexibility index (Phi) is 7.14. The minimum atomic E-state index is -0.658. The first-order chi connectivity index (χ1) is 12.5. The average Bonchev–Trinajstić information content (AvgIpc) is 2.67. The molecule has 2 atom stereocenters. The van der Waals surface area contributed by atoms with E-state index in [2.05, 4.69) is 5.32 Å². The van der Waals surface area contributed by atoms with Crippen LogP contribution >= 0.6 is 0 Å². The smallest absolute Gasteiger partial charge is 0.261 e. The lowest BCUT2D eigenvalue weighted by Crippen LogP contribution is -2.43. The highest BCUT2D eigenvalue weighted by molar-refractivity contribution is 5.81. The topological polar surface area (TPSA) is 66.0 Å². The summed E-state index contributed by atoms with van der Waals surface area (Å²) in [5.41, 5.74) is 0. The van der Waals surface area contributed by atoms with E-state index in [1.165, 1.54) is 0 Å². The highest BCUT2D eigenvalue weighted by Gasteiger charge is 2.18. The molecule has 0 bridgehead atoms. The van der Waals surface area contributed by atoms with E-state index in [-0.39, 0.29) is 11.9 Å². The van der Waals surface area contributed by atoms with E-state index in [4.69, 9.17) is 18.9 Å². The van der Waals surface area contributed by atoms with Crippen LogP contribution in [0.3, 0.4) is 0 Å². The summed E-state index contributed by atoms with van der Waals surface area (Å²) in [6, 6.07) is 14.3. The number of ether oxygens (including phenoxy) is 4. The molecule has 1 N–H and O–H groups in total. The van der Waals surface area contributed by atoms with Crippen molar-refractivity contribution in [3.8, 4) is 23.0 Å². The zero-order valence-electron chi connectivity index (χ0n) is 15.5. The number of hydrogen-bond acceptors (Lipinski definition) is 5. The maximum absolute atomic E-state index is 12.3. The molecule has 0 aliphatic heterocycles. The number of rotatable bonds is 9. The van der Waals surface area contributed by atoms with Crippen molar-refractivity contribution in [3.05, 3.63) is 48.5 Å². The number of amides is 1. The minimum absolute atomic E-state index is 0.173. The van der Waals surface area contributed by atoms with Gasteiger partial charge in [-0.3, -0.25) is 4.79 Å². The Morgan fingerprint density at radius 1 is 0.923 bits per heavy atom. The van der Waals surface area contributed by atoms with Crippen LogP contribution < -0.4 is 24.3 Å². The summed E-state index contributed by atoms with van der Waals surface area (Å²) < 4.78 is 21.7. The predicted octanol–water partition coefficient (Wildman–Crippen LogP) is 3.05. The van der Waals surface area contributed by atoms with E-state index in [0.29, 0.717) is 23.9 Å². The Bertz CT molecular complexity index is 702. The van der Waals surface area contributed by atoms with Gasteiger partial charge in [-0.05, 0) is 50.2 Å². The standard InChI is InChI=1S/C20H25NO5/c1-14(13-25-17-11-9-16(23-3)10-12-17)21-20(22)15(2)26-19-8-6-5-7-18(19)24-4/h5-12,14-15H,13H2,1-4H3,(H,21,22)/t14-,15+/m1/s1. The summed E-state index contributed by atoms with van der Waals surface area (Å²) >= 11 is 0. The van der Waals surface area contributed by atoms with Gasteiger partial charge in [0.1, 0.15) is 18.1 Å². The maximum Gasteiger partial charge on any atom is 0.261 e.